The third-order valence-corrected chi connectivity index (χ3v) is 5.30. The SMILES string of the molecule is CC(F)(F)CNC(=O)c1cc(-c2ccc3nc(NC(=O)C4CC4)cn3c2)cs1. The minimum absolute atomic E-state index is 0.00484. The molecule has 2 N–H and O–H groups in total. The lowest BCUT2D eigenvalue weighted by atomic mass is 10.1. The number of imidazole rings is 1. The Labute approximate surface area is 163 Å². The minimum Gasteiger partial charge on any atom is -0.345 e. The molecule has 2 amide bonds. The number of aromatic nitrogens is 2. The van der Waals surface area contributed by atoms with Gasteiger partial charge in [-0.1, -0.05) is 0 Å². The number of carbonyl (C=O) groups excluding carboxylic acids is 2. The fourth-order valence-electron chi connectivity index (χ4n) is 2.73. The summed E-state index contributed by atoms with van der Waals surface area (Å²) in [7, 11) is 0. The fraction of sp³-hybridized carbons (Fsp3) is 0.316. The van der Waals surface area contributed by atoms with Crippen LogP contribution in [0.4, 0.5) is 14.6 Å². The van der Waals surface area contributed by atoms with E-state index in [2.05, 4.69) is 15.6 Å². The van der Waals surface area contributed by atoms with Gasteiger partial charge in [-0.3, -0.25) is 9.59 Å². The molecule has 0 aliphatic heterocycles. The summed E-state index contributed by atoms with van der Waals surface area (Å²) >= 11 is 1.19. The molecule has 3 aromatic rings. The first-order valence-corrected chi connectivity index (χ1v) is 9.71. The second-order valence-corrected chi connectivity index (χ2v) is 7.94. The van der Waals surface area contributed by atoms with Gasteiger partial charge in [-0.25, -0.2) is 13.8 Å². The Morgan fingerprint density at radius 1 is 1.29 bits per heavy atom. The Morgan fingerprint density at radius 3 is 2.79 bits per heavy atom. The maximum absolute atomic E-state index is 12.9. The highest BCUT2D eigenvalue weighted by atomic mass is 32.1. The van der Waals surface area contributed by atoms with Gasteiger partial charge < -0.3 is 15.0 Å². The average molecular weight is 404 g/mol. The van der Waals surface area contributed by atoms with Crippen LogP contribution in [0.3, 0.4) is 0 Å². The molecule has 6 nitrogen and oxygen atoms in total. The van der Waals surface area contributed by atoms with Crippen molar-refractivity contribution < 1.29 is 18.4 Å². The molecule has 0 bridgehead atoms. The van der Waals surface area contributed by atoms with Crippen LogP contribution < -0.4 is 10.6 Å². The zero-order valence-corrected chi connectivity index (χ0v) is 15.9. The van der Waals surface area contributed by atoms with E-state index in [4.69, 9.17) is 0 Å². The van der Waals surface area contributed by atoms with E-state index in [1.54, 1.807) is 22.0 Å². The summed E-state index contributed by atoms with van der Waals surface area (Å²) in [5.74, 6) is -2.88. The molecule has 1 fully saturated rings. The number of hydrogen-bond donors (Lipinski definition) is 2. The number of thiophene rings is 1. The maximum atomic E-state index is 12.9. The van der Waals surface area contributed by atoms with Crippen LogP contribution in [0.5, 0.6) is 0 Å². The van der Waals surface area contributed by atoms with Crippen molar-refractivity contribution in [2.75, 3.05) is 11.9 Å². The number of pyridine rings is 1. The molecule has 0 saturated heterocycles. The molecule has 0 atom stereocenters. The Hall–Kier alpha value is -2.81. The first-order valence-electron chi connectivity index (χ1n) is 8.83. The van der Waals surface area contributed by atoms with Gasteiger partial charge in [0.2, 0.25) is 5.91 Å². The molecule has 0 aromatic carbocycles. The number of fused-ring (bicyclic) bond motifs is 1. The Morgan fingerprint density at radius 2 is 2.07 bits per heavy atom. The lowest BCUT2D eigenvalue weighted by Crippen LogP contribution is -2.34. The highest BCUT2D eigenvalue weighted by Gasteiger charge is 2.30. The first-order chi connectivity index (χ1) is 13.3. The van der Waals surface area contributed by atoms with Gasteiger partial charge in [-0.15, -0.1) is 11.3 Å². The minimum atomic E-state index is -2.95. The fourth-order valence-corrected chi connectivity index (χ4v) is 3.56. The van der Waals surface area contributed by atoms with Crippen molar-refractivity contribution in [1.29, 1.82) is 0 Å². The summed E-state index contributed by atoms with van der Waals surface area (Å²) in [5, 5.41) is 6.85. The Bertz CT molecular complexity index is 1050. The van der Waals surface area contributed by atoms with Crippen molar-refractivity contribution in [3.05, 3.63) is 40.8 Å². The van der Waals surface area contributed by atoms with Crippen LogP contribution in [-0.4, -0.2) is 33.7 Å². The molecule has 0 radical (unpaired) electrons. The molecular formula is C19H18F2N4O2S. The topological polar surface area (TPSA) is 75.5 Å². The van der Waals surface area contributed by atoms with Crippen LogP contribution in [0.25, 0.3) is 16.8 Å². The van der Waals surface area contributed by atoms with Gasteiger partial charge in [-0.2, -0.15) is 0 Å². The predicted octanol–water partition coefficient (Wildman–Crippen LogP) is 3.80. The van der Waals surface area contributed by atoms with Crippen LogP contribution in [0.2, 0.25) is 0 Å². The van der Waals surface area contributed by atoms with Crippen molar-refractivity contribution in [2.24, 2.45) is 5.92 Å². The number of halogens is 2. The van der Waals surface area contributed by atoms with E-state index >= 15 is 0 Å². The molecule has 3 aromatic heterocycles. The largest absolute Gasteiger partial charge is 0.345 e. The van der Waals surface area contributed by atoms with E-state index in [1.807, 2.05) is 18.3 Å². The lowest BCUT2D eigenvalue weighted by Gasteiger charge is -2.10. The number of amides is 2. The second kappa shape index (κ2) is 6.97. The number of carbonyl (C=O) groups is 2. The van der Waals surface area contributed by atoms with E-state index in [1.165, 1.54) is 11.3 Å². The first kappa shape index (κ1) is 18.5. The van der Waals surface area contributed by atoms with Crippen LogP contribution in [0.1, 0.15) is 29.4 Å². The molecule has 1 aliphatic rings. The second-order valence-electron chi connectivity index (χ2n) is 7.03. The van der Waals surface area contributed by atoms with Gasteiger partial charge in [-0.05, 0) is 47.5 Å². The number of alkyl halides is 2. The summed E-state index contributed by atoms with van der Waals surface area (Å²) in [6.45, 7) is 0.0597. The van der Waals surface area contributed by atoms with Gasteiger partial charge in [0, 0.05) is 19.0 Å². The molecule has 146 valence electrons. The number of rotatable bonds is 6. The van der Waals surface area contributed by atoms with Crippen molar-refractivity contribution in [1.82, 2.24) is 14.7 Å². The highest BCUT2D eigenvalue weighted by Crippen LogP contribution is 2.30. The predicted molar refractivity (Wildman–Crippen MR) is 103 cm³/mol. The van der Waals surface area contributed by atoms with E-state index in [0.717, 1.165) is 30.9 Å². The molecule has 0 unspecified atom stereocenters. The van der Waals surface area contributed by atoms with Crippen LogP contribution in [0.15, 0.2) is 36.0 Å². The van der Waals surface area contributed by atoms with Crippen LogP contribution in [-0.2, 0) is 4.79 Å². The zero-order chi connectivity index (χ0) is 19.9. The third-order valence-electron chi connectivity index (χ3n) is 4.37. The maximum Gasteiger partial charge on any atom is 0.262 e. The molecule has 4 rings (SSSR count). The number of hydrogen-bond acceptors (Lipinski definition) is 4. The normalized spacial score (nSPS) is 14.2. The Kier molecular flexibility index (Phi) is 4.62. The molecule has 0 spiro atoms. The molecule has 3 heterocycles. The van der Waals surface area contributed by atoms with Gasteiger partial charge in [0.1, 0.15) is 5.65 Å². The van der Waals surface area contributed by atoms with Gasteiger partial charge in [0.15, 0.2) is 5.82 Å². The van der Waals surface area contributed by atoms with Gasteiger partial charge >= 0.3 is 0 Å². The standard InChI is InChI=1S/C19H18F2N4O2S/c1-19(20,21)10-22-18(27)14-6-13(9-28-14)12-4-5-16-23-15(8-25(16)7-12)24-17(26)11-2-3-11/h4-9,11H,2-3,10H2,1H3,(H,22,27)(H,24,26). The van der Waals surface area contributed by atoms with E-state index in [9.17, 15) is 18.4 Å². The van der Waals surface area contributed by atoms with Gasteiger partial charge in [0.25, 0.3) is 11.8 Å². The smallest absolute Gasteiger partial charge is 0.262 e. The summed E-state index contributed by atoms with van der Waals surface area (Å²) in [4.78, 5) is 28.6. The van der Waals surface area contributed by atoms with Crippen molar-refractivity contribution in [3.63, 3.8) is 0 Å². The zero-order valence-electron chi connectivity index (χ0n) is 15.0. The third kappa shape index (κ3) is 4.19. The van der Waals surface area contributed by atoms with Crippen LogP contribution in [0, 0.1) is 5.92 Å². The van der Waals surface area contributed by atoms with Crippen molar-refractivity contribution >= 4 is 34.6 Å². The quantitative estimate of drug-likeness (QED) is 0.656. The van der Waals surface area contributed by atoms with E-state index in [0.29, 0.717) is 16.3 Å². The molecule has 1 aliphatic carbocycles. The summed E-state index contributed by atoms with van der Waals surface area (Å²) in [5.41, 5.74) is 2.34. The lowest BCUT2D eigenvalue weighted by molar-refractivity contribution is -0.117. The van der Waals surface area contributed by atoms with Crippen molar-refractivity contribution in [2.45, 2.75) is 25.7 Å². The monoisotopic (exact) mass is 404 g/mol. The van der Waals surface area contributed by atoms with E-state index < -0.39 is 18.4 Å². The molecule has 28 heavy (non-hydrogen) atoms. The molecular weight excluding hydrogens is 386 g/mol. The molecule has 9 heteroatoms. The number of anilines is 1. The highest BCUT2D eigenvalue weighted by molar-refractivity contribution is 7.12. The number of nitrogens with one attached hydrogen (secondary N) is 2. The van der Waals surface area contributed by atoms with Crippen molar-refractivity contribution in [3.8, 4) is 11.1 Å². The number of nitrogens with zero attached hydrogens (tertiary/aromatic N) is 2. The van der Waals surface area contributed by atoms with E-state index in [-0.39, 0.29) is 11.8 Å². The molecule has 1 saturated carbocycles. The Balaban J connectivity index is 1.50. The summed E-state index contributed by atoms with van der Waals surface area (Å²) in [6, 6.07) is 5.34. The summed E-state index contributed by atoms with van der Waals surface area (Å²) in [6.07, 6.45) is 5.43. The van der Waals surface area contributed by atoms with Gasteiger partial charge in [0.05, 0.1) is 17.6 Å². The van der Waals surface area contributed by atoms with Crippen LogP contribution >= 0.6 is 11.3 Å². The average Bonchev–Trinajstić information content (AvgIpc) is 3.23. The summed E-state index contributed by atoms with van der Waals surface area (Å²) < 4.78 is 27.6.